The molecule has 0 aromatic rings. The summed E-state index contributed by atoms with van der Waals surface area (Å²) in [4.78, 5) is 0. The maximum atomic E-state index is 9.11. The fourth-order valence-electron chi connectivity index (χ4n) is 1.08. The van der Waals surface area contributed by atoms with Gasteiger partial charge in [-0.3, -0.25) is 0 Å². The van der Waals surface area contributed by atoms with Crippen LogP contribution in [-0.2, 0) is 4.74 Å². The van der Waals surface area contributed by atoms with Gasteiger partial charge in [0.25, 0.3) is 0 Å². The second-order valence-electron chi connectivity index (χ2n) is 2.61. The average Bonchev–Trinajstić information content (AvgIpc) is 1.96. The van der Waals surface area contributed by atoms with Gasteiger partial charge < -0.3 is 25.2 Å². The summed E-state index contributed by atoms with van der Waals surface area (Å²) in [5.41, 5.74) is 0. The van der Waals surface area contributed by atoms with E-state index in [0.717, 1.165) is 0 Å². The third kappa shape index (κ3) is 1.88. The number of ether oxygens (including phenoxy) is 1. The maximum absolute atomic E-state index is 9.11. The van der Waals surface area contributed by atoms with E-state index in [1.165, 1.54) is 0 Å². The van der Waals surface area contributed by atoms with Gasteiger partial charge in [-0.1, -0.05) is 0 Å². The molecule has 0 aromatic carbocycles. The minimum absolute atomic E-state index is 0.0162. The summed E-state index contributed by atoms with van der Waals surface area (Å²) < 4.78 is 4.71. The fraction of sp³-hybridized carbons (Fsp3) is 1.00. The summed E-state index contributed by atoms with van der Waals surface area (Å²) in [5, 5.41) is 35.6. The Morgan fingerprint density at radius 2 is 1.91 bits per heavy atom. The predicted molar refractivity (Wildman–Crippen MR) is 34.6 cm³/mol. The molecule has 4 atom stereocenters. The van der Waals surface area contributed by atoms with Crippen molar-refractivity contribution >= 4 is 0 Å². The standard InChI is InChI=1S/C6H12O5/c7-2-4-6(10)3(8)1-5(9)11-4/h3-10H,1-2H2/t3-,4+,5?,6+/m1/s1. The van der Waals surface area contributed by atoms with Crippen molar-refractivity contribution in [1.82, 2.24) is 0 Å². The summed E-state index contributed by atoms with van der Waals surface area (Å²) >= 11 is 0. The monoisotopic (exact) mass is 164 g/mol. The molecule has 0 amide bonds. The van der Waals surface area contributed by atoms with E-state index in [0.29, 0.717) is 0 Å². The molecule has 0 saturated carbocycles. The molecule has 4 N–H and O–H groups in total. The zero-order valence-corrected chi connectivity index (χ0v) is 5.92. The molecule has 1 saturated heterocycles. The Bertz CT molecular complexity index is 128. The second-order valence-corrected chi connectivity index (χ2v) is 2.61. The lowest BCUT2D eigenvalue weighted by molar-refractivity contribution is -0.239. The lowest BCUT2D eigenvalue weighted by Crippen LogP contribution is -2.49. The van der Waals surface area contributed by atoms with Crippen LogP contribution in [0.1, 0.15) is 6.42 Å². The van der Waals surface area contributed by atoms with E-state index >= 15 is 0 Å². The van der Waals surface area contributed by atoms with E-state index < -0.39 is 31.2 Å². The number of rotatable bonds is 1. The van der Waals surface area contributed by atoms with E-state index in [-0.39, 0.29) is 6.42 Å². The van der Waals surface area contributed by atoms with Crippen molar-refractivity contribution in [1.29, 1.82) is 0 Å². The molecule has 1 heterocycles. The van der Waals surface area contributed by atoms with E-state index in [4.69, 9.17) is 25.2 Å². The predicted octanol–water partition coefficient (Wildman–Crippen LogP) is -2.19. The van der Waals surface area contributed by atoms with Gasteiger partial charge in [0.15, 0.2) is 6.29 Å². The first-order chi connectivity index (χ1) is 5.15. The number of aliphatic hydroxyl groups is 4. The van der Waals surface area contributed by atoms with Crippen LogP contribution < -0.4 is 0 Å². The van der Waals surface area contributed by atoms with E-state index in [1.54, 1.807) is 0 Å². The number of hydrogen-bond acceptors (Lipinski definition) is 5. The Morgan fingerprint density at radius 1 is 1.27 bits per heavy atom. The van der Waals surface area contributed by atoms with E-state index in [1.807, 2.05) is 0 Å². The van der Waals surface area contributed by atoms with Gasteiger partial charge in [0.1, 0.15) is 12.2 Å². The smallest absolute Gasteiger partial charge is 0.157 e. The first kappa shape index (κ1) is 8.89. The molecule has 0 aromatic heterocycles. The second kappa shape index (κ2) is 3.46. The Balaban J connectivity index is 2.51. The summed E-state index contributed by atoms with van der Waals surface area (Å²) in [6.45, 7) is -0.407. The molecule has 1 fully saturated rings. The quantitative estimate of drug-likeness (QED) is 0.353. The highest BCUT2D eigenvalue weighted by Crippen LogP contribution is 2.18. The molecule has 1 rings (SSSR count). The van der Waals surface area contributed by atoms with Crippen molar-refractivity contribution in [3.05, 3.63) is 0 Å². The van der Waals surface area contributed by atoms with Crippen molar-refractivity contribution in [2.75, 3.05) is 6.61 Å². The molecule has 0 bridgehead atoms. The molecule has 5 nitrogen and oxygen atoms in total. The number of aliphatic hydroxyl groups excluding tert-OH is 4. The lowest BCUT2D eigenvalue weighted by Gasteiger charge is -2.33. The zero-order valence-electron chi connectivity index (χ0n) is 5.92. The Hall–Kier alpha value is -0.200. The van der Waals surface area contributed by atoms with Crippen LogP contribution in [0.15, 0.2) is 0 Å². The lowest BCUT2D eigenvalue weighted by atomic mass is 10.0. The van der Waals surface area contributed by atoms with Crippen molar-refractivity contribution in [3.63, 3.8) is 0 Å². The van der Waals surface area contributed by atoms with Crippen LogP contribution >= 0.6 is 0 Å². The molecule has 66 valence electrons. The molecule has 5 heteroatoms. The normalized spacial score (nSPS) is 45.8. The highest BCUT2D eigenvalue weighted by atomic mass is 16.6. The van der Waals surface area contributed by atoms with E-state index in [9.17, 15) is 0 Å². The summed E-state index contributed by atoms with van der Waals surface area (Å²) in [6.07, 6.45) is -4.11. The molecule has 1 aliphatic heterocycles. The van der Waals surface area contributed by atoms with Gasteiger partial charge in [-0.25, -0.2) is 0 Å². The minimum atomic E-state index is -1.11. The molecule has 0 spiro atoms. The van der Waals surface area contributed by atoms with Crippen LogP contribution in [-0.4, -0.2) is 51.6 Å². The van der Waals surface area contributed by atoms with Crippen LogP contribution in [0.3, 0.4) is 0 Å². The molecule has 0 aliphatic carbocycles. The van der Waals surface area contributed by atoms with Gasteiger partial charge in [0.2, 0.25) is 0 Å². The Labute approximate surface area is 63.8 Å². The molecular weight excluding hydrogens is 152 g/mol. The van der Waals surface area contributed by atoms with E-state index in [2.05, 4.69) is 0 Å². The average molecular weight is 164 g/mol. The highest BCUT2D eigenvalue weighted by molar-refractivity contribution is 4.81. The summed E-state index contributed by atoms with van der Waals surface area (Å²) in [7, 11) is 0. The van der Waals surface area contributed by atoms with Gasteiger partial charge in [-0.2, -0.15) is 0 Å². The third-order valence-corrected chi connectivity index (χ3v) is 1.73. The van der Waals surface area contributed by atoms with Gasteiger partial charge in [-0.15, -0.1) is 0 Å². The van der Waals surface area contributed by atoms with Crippen LogP contribution in [0, 0.1) is 0 Å². The van der Waals surface area contributed by atoms with Crippen LogP contribution in [0.4, 0.5) is 0 Å². The molecular formula is C6H12O5. The van der Waals surface area contributed by atoms with Gasteiger partial charge >= 0.3 is 0 Å². The number of hydrogen-bond donors (Lipinski definition) is 4. The molecule has 1 unspecified atom stereocenters. The molecule has 0 radical (unpaired) electrons. The highest BCUT2D eigenvalue weighted by Gasteiger charge is 2.35. The Kier molecular flexibility index (Phi) is 2.80. The van der Waals surface area contributed by atoms with Gasteiger partial charge in [-0.05, 0) is 0 Å². The topological polar surface area (TPSA) is 90.2 Å². The zero-order chi connectivity index (χ0) is 8.43. The van der Waals surface area contributed by atoms with Crippen molar-refractivity contribution < 1.29 is 25.2 Å². The summed E-state index contributed by atoms with van der Waals surface area (Å²) in [6, 6.07) is 0. The largest absolute Gasteiger partial charge is 0.394 e. The first-order valence-corrected chi connectivity index (χ1v) is 3.45. The maximum Gasteiger partial charge on any atom is 0.157 e. The third-order valence-electron chi connectivity index (χ3n) is 1.73. The van der Waals surface area contributed by atoms with Gasteiger partial charge in [0.05, 0.1) is 12.7 Å². The molecule has 1 aliphatic rings. The van der Waals surface area contributed by atoms with Crippen LogP contribution in [0.5, 0.6) is 0 Å². The summed E-state index contributed by atoms with van der Waals surface area (Å²) in [5.74, 6) is 0. The van der Waals surface area contributed by atoms with Crippen molar-refractivity contribution in [3.8, 4) is 0 Å². The van der Waals surface area contributed by atoms with Crippen LogP contribution in [0.25, 0.3) is 0 Å². The van der Waals surface area contributed by atoms with Crippen LogP contribution in [0.2, 0.25) is 0 Å². The first-order valence-electron chi connectivity index (χ1n) is 3.45. The molecule has 11 heavy (non-hydrogen) atoms. The van der Waals surface area contributed by atoms with Crippen molar-refractivity contribution in [2.24, 2.45) is 0 Å². The minimum Gasteiger partial charge on any atom is -0.394 e. The SMILES string of the molecule is OC[C@@H]1OC(O)C[C@@H](O)[C@@H]1O. The fourth-order valence-corrected chi connectivity index (χ4v) is 1.08. The Morgan fingerprint density at radius 3 is 2.45 bits per heavy atom. The van der Waals surface area contributed by atoms with Gasteiger partial charge in [0, 0.05) is 6.42 Å². The van der Waals surface area contributed by atoms with Crippen molar-refractivity contribution in [2.45, 2.75) is 31.0 Å².